The van der Waals surface area contributed by atoms with E-state index in [0.717, 1.165) is 0 Å². The lowest BCUT2D eigenvalue weighted by Crippen LogP contribution is -2.62. The second-order valence-corrected chi connectivity index (χ2v) is 6.74. The summed E-state index contributed by atoms with van der Waals surface area (Å²) in [6, 6.07) is 7.32. The molecule has 2 rings (SSSR count). The summed E-state index contributed by atoms with van der Waals surface area (Å²) in [6.07, 6.45) is 0. The average Bonchev–Trinajstić information content (AvgIpc) is 2.72. The summed E-state index contributed by atoms with van der Waals surface area (Å²) in [7, 11) is 7.60. The lowest BCUT2D eigenvalue weighted by Gasteiger charge is -2.43. The van der Waals surface area contributed by atoms with E-state index in [4.69, 9.17) is 4.74 Å². The lowest BCUT2D eigenvalue weighted by atomic mass is 10.2. The zero-order chi connectivity index (χ0) is 16.7. The number of aromatic nitrogens is 3. The Morgan fingerprint density at radius 2 is 1.64 bits per heavy atom. The second kappa shape index (κ2) is 5.49. The van der Waals surface area contributed by atoms with Crippen LogP contribution < -0.4 is 4.85 Å². The standard InChI is InChI=1S/C15H25N5O2/c1-14(2,3)22-15(17(4)5,18(6)7)19-12-10-8-9-11-13(12)20(21)16-19/h8-11H,1-7H3. The largest absolute Gasteiger partial charge is 0.691 e. The number of para-hydroxylation sites is 2. The van der Waals surface area contributed by atoms with Crippen LogP contribution in [0.1, 0.15) is 20.8 Å². The third kappa shape index (κ3) is 2.67. The van der Waals surface area contributed by atoms with Crippen LogP contribution in [0.3, 0.4) is 0 Å². The molecule has 0 fully saturated rings. The molecule has 0 saturated carbocycles. The fourth-order valence-electron chi connectivity index (χ4n) is 2.61. The molecule has 0 atom stereocenters. The molecule has 0 saturated heterocycles. The van der Waals surface area contributed by atoms with Gasteiger partial charge >= 0.3 is 5.97 Å². The summed E-state index contributed by atoms with van der Waals surface area (Å²) < 4.78 is 7.98. The minimum Gasteiger partial charge on any atom is -0.691 e. The molecule has 0 amide bonds. The highest BCUT2D eigenvalue weighted by Gasteiger charge is 2.50. The van der Waals surface area contributed by atoms with Crippen LogP contribution in [0.25, 0.3) is 11.0 Å². The Kier molecular flexibility index (Phi) is 4.16. The third-order valence-corrected chi connectivity index (χ3v) is 3.37. The number of rotatable bonds is 4. The molecule has 0 aliphatic rings. The number of fused-ring (bicyclic) bond motifs is 1. The monoisotopic (exact) mass is 307 g/mol. The van der Waals surface area contributed by atoms with Crippen molar-refractivity contribution in [1.29, 1.82) is 0 Å². The van der Waals surface area contributed by atoms with Gasteiger partial charge in [-0.2, -0.15) is 0 Å². The van der Waals surface area contributed by atoms with Crippen molar-refractivity contribution in [3.05, 3.63) is 29.5 Å². The van der Waals surface area contributed by atoms with Gasteiger partial charge in [0.05, 0.1) is 5.60 Å². The molecule has 7 nitrogen and oxygen atoms in total. The SMILES string of the molecule is CN(C)C(OC(C)(C)C)(N(C)C)n1n[n+]([O-])c2ccccc21. The predicted octanol–water partition coefficient (Wildman–Crippen LogP) is 1.18. The highest BCUT2D eigenvalue weighted by atomic mass is 16.6. The number of benzene rings is 1. The van der Waals surface area contributed by atoms with E-state index in [2.05, 4.69) is 5.21 Å². The number of ether oxygens (including phenoxy) is 1. The molecule has 122 valence electrons. The van der Waals surface area contributed by atoms with Crippen LogP contribution in [0.4, 0.5) is 0 Å². The molecule has 0 aliphatic heterocycles. The van der Waals surface area contributed by atoms with Crippen LogP contribution in [0, 0.1) is 5.21 Å². The first-order valence-corrected chi connectivity index (χ1v) is 7.23. The Labute approximate surface area is 131 Å². The van der Waals surface area contributed by atoms with E-state index in [1.54, 1.807) is 10.7 Å². The summed E-state index contributed by atoms with van der Waals surface area (Å²) in [4.78, 5) is 4.43. The van der Waals surface area contributed by atoms with E-state index in [0.29, 0.717) is 15.9 Å². The molecule has 7 heteroatoms. The van der Waals surface area contributed by atoms with E-state index >= 15 is 0 Å². The molecule has 1 aromatic carbocycles. The fourth-order valence-corrected chi connectivity index (χ4v) is 2.61. The van der Waals surface area contributed by atoms with Gasteiger partial charge in [0.15, 0.2) is 0 Å². The van der Waals surface area contributed by atoms with Crippen molar-refractivity contribution in [3.63, 3.8) is 0 Å². The van der Waals surface area contributed by atoms with Crippen LogP contribution in [0.5, 0.6) is 0 Å². The van der Waals surface area contributed by atoms with E-state index < -0.39 is 11.6 Å². The van der Waals surface area contributed by atoms with Crippen molar-refractivity contribution in [2.45, 2.75) is 32.3 Å². The molecule has 1 aromatic heterocycles. The molecule has 0 N–H and O–H groups in total. The Morgan fingerprint density at radius 3 is 2.14 bits per heavy atom. The number of nitrogens with zero attached hydrogens (tertiary/aromatic N) is 5. The van der Waals surface area contributed by atoms with Gasteiger partial charge in [0.2, 0.25) is 11.0 Å². The Hall–Kier alpha value is -1.70. The first-order chi connectivity index (χ1) is 10.1. The highest BCUT2D eigenvalue weighted by molar-refractivity contribution is 5.71. The van der Waals surface area contributed by atoms with Crippen molar-refractivity contribution in [2.24, 2.45) is 0 Å². The topological polar surface area (TPSA) is 60.5 Å². The van der Waals surface area contributed by atoms with E-state index in [9.17, 15) is 5.21 Å². The van der Waals surface area contributed by atoms with Crippen LogP contribution in [0.15, 0.2) is 24.3 Å². The van der Waals surface area contributed by atoms with E-state index in [1.165, 1.54) is 0 Å². The van der Waals surface area contributed by atoms with Gasteiger partial charge in [-0.1, -0.05) is 16.8 Å². The van der Waals surface area contributed by atoms with Crippen molar-refractivity contribution in [1.82, 2.24) is 19.7 Å². The van der Waals surface area contributed by atoms with Crippen LogP contribution in [0.2, 0.25) is 0 Å². The summed E-state index contributed by atoms with van der Waals surface area (Å²) in [6.45, 7) is 5.93. The molecular weight excluding hydrogens is 282 g/mol. The first-order valence-electron chi connectivity index (χ1n) is 7.23. The zero-order valence-electron chi connectivity index (χ0n) is 14.4. The fraction of sp³-hybridized carbons (Fsp3) is 0.600. The predicted molar refractivity (Wildman–Crippen MR) is 84.9 cm³/mol. The summed E-state index contributed by atoms with van der Waals surface area (Å²) >= 11 is 0. The lowest BCUT2D eigenvalue weighted by molar-refractivity contribution is -0.649. The Balaban J connectivity index is 2.76. The van der Waals surface area contributed by atoms with Crippen LogP contribution in [-0.4, -0.2) is 53.5 Å². The molecule has 1 heterocycles. The maximum Gasteiger partial charge on any atom is 0.361 e. The summed E-state index contributed by atoms with van der Waals surface area (Å²) in [5, 5.41) is 16.3. The van der Waals surface area contributed by atoms with E-state index in [1.807, 2.05) is 77.0 Å². The molecule has 2 aromatic rings. The molecule has 0 aliphatic carbocycles. The Bertz CT molecular complexity index is 649. The van der Waals surface area contributed by atoms with Crippen molar-refractivity contribution >= 4 is 11.0 Å². The minimum atomic E-state index is -1.02. The van der Waals surface area contributed by atoms with Gasteiger partial charge in [-0.25, -0.2) is 9.80 Å². The minimum absolute atomic E-state index is 0.435. The molecule has 0 unspecified atom stereocenters. The van der Waals surface area contributed by atoms with Gasteiger partial charge in [0.1, 0.15) is 5.21 Å². The maximum atomic E-state index is 12.1. The van der Waals surface area contributed by atoms with Gasteiger partial charge in [0.25, 0.3) is 0 Å². The second-order valence-electron chi connectivity index (χ2n) is 6.74. The van der Waals surface area contributed by atoms with Crippen molar-refractivity contribution < 1.29 is 9.58 Å². The van der Waals surface area contributed by atoms with Crippen molar-refractivity contribution in [3.8, 4) is 0 Å². The first kappa shape index (κ1) is 16.7. The van der Waals surface area contributed by atoms with Gasteiger partial charge in [-0.3, -0.25) is 0 Å². The van der Waals surface area contributed by atoms with Gasteiger partial charge in [-0.15, -0.1) is 4.85 Å². The zero-order valence-corrected chi connectivity index (χ0v) is 14.4. The molecular formula is C15H25N5O2. The summed E-state index contributed by atoms with van der Waals surface area (Å²) in [5.74, 6) is -1.02. The van der Waals surface area contributed by atoms with Crippen LogP contribution >= 0.6 is 0 Å². The van der Waals surface area contributed by atoms with Crippen LogP contribution in [-0.2, 0) is 10.7 Å². The van der Waals surface area contributed by atoms with Gasteiger partial charge in [-0.05, 0) is 61.1 Å². The van der Waals surface area contributed by atoms with Crippen molar-refractivity contribution in [2.75, 3.05) is 28.2 Å². The van der Waals surface area contributed by atoms with E-state index in [-0.39, 0.29) is 0 Å². The highest BCUT2D eigenvalue weighted by Crippen LogP contribution is 2.31. The Morgan fingerprint density at radius 1 is 1.09 bits per heavy atom. The average molecular weight is 307 g/mol. The number of hydrogen-bond donors (Lipinski definition) is 0. The molecule has 0 radical (unpaired) electrons. The maximum absolute atomic E-state index is 12.1. The molecule has 22 heavy (non-hydrogen) atoms. The summed E-state index contributed by atoms with van der Waals surface area (Å²) in [5.41, 5.74) is 0.784. The smallest absolute Gasteiger partial charge is 0.361 e. The quantitative estimate of drug-likeness (QED) is 0.482. The third-order valence-electron chi connectivity index (χ3n) is 3.37. The number of hydrogen-bond acceptors (Lipinski definition) is 5. The van der Waals surface area contributed by atoms with Gasteiger partial charge in [0, 0.05) is 0 Å². The molecule has 0 spiro atoms. The normalized spacial score (nSPS) is 13.5. The van der Waals surface area contributed by atoms with Gasteiger partial charge < -0.3 is 9.94 Å². The molecule has 0 bridgehead atoms.